The van der Waals surface area contributed by atoms with E-state index < -0.39 is 0 Å². The Labute approximate surface area is 145 Å². The number of hydrogen-bond acceptors (Lipinski definition) is 3. The highest BCUT2D eigenvalue weighted by Crippen LogP contribution is 2.21. The minimum absolute atomic E-state index is 0.105. The molecule has 0 saturated carbocycles. The fourth-order valence-electron chi connectivity index (χ4n) is 3.69. The summed E-state index contributed by atoms with van der Waals surface area (Å²) in [5, 5.41) is 3.08. The maximum absolute atomic E-state index is 12.3. The molecule has 24 heavy (non-hydrogen) atoms. The number of nitrogens with zero attached hydrogens (tertiary/aromatic N) is 2. The molecule has 1 atom stereocenters. The van der Waals surface area contributed by atoms with Gasteiger partial charge in [-0.3, -0.25) is 4.90 Å². The molecule has 1 N–H and O–H groups in total. The first-order valence-electron chi connectivity index (χ1n) is 9.25. The average Bonchev–Trinajstić information content (AvgIpc) is 3.08. The first-order valence-corrected chi connectivity index (χ1v) is 9.25. The Balaban J connectivity index is 1.34. The van der Waals surface area contributed by atoms with Crippen molar-refractivity contribution in [3.8, 4) is 5.75 Å². The van der Waals surface area contributed by atoms with Crippen LogP contribution in [0.15, 0.2) is 24.3 Å². The first-order chi connectivity index (χ1) is 11.8. The molecule has 5 heteroatoms. The third kappa shape index (κ3) is 4.41. The van der Waals surface area contributed by atoms with E-state index in [9.17, 15) is 4.79 Å². The Morgan fingerprint density at radius 1 is 1.25 bits per heavy atom. The predicted octanol–water partition coefficient (Wildman–Crippen LogP) is 2.51. The van der Waals surface area contributed by atoms with Crippen LogP contribution in [-0.4, -0.2) is 61.2 Å². The summed E-state index contributed by atoms with van der Waals surface area (Å²) in [6.07, 6.45) is 4.45. The van der Waals surface area contributed by atoms with Crippen molar-refractivity contribution in [2.75, 3.05) is 39.3 Å². The van der Waals surface area contributed by atoms with E-state index in [4.69, 9.17) is 4.74 Å². The zero-order valence-corrected chi connectivity index (χ0v) is 14.7. The number of hydrogen-bond donors (Lipinski definition) is 1. The van der Waals surface area contributed by atoms with Crippen molar-refractivity contribution in [3.05, 3.63) is 29.8 Å². The van der Waals surface area contributed by atoms with E-state index in [0.29, 0.717) is 12.6 Å². The van der Waals surface area contributed by atoms with Crippen molar-refractivity contribution < 1.29 is 9.53 Å². The minimum Gasteiger partial charge on any atom is -0.494 e. The lowest BCUT2D eigenvalue weighted by molar-refractivity contribution is 0.117. The molecule has 0 aliphatic carbocycles. The van der Waals surface area contributed by atoms with E-state index in [-0.39, 0.29) is 6.03 Å². The molecule has 2 saturated heterocycles. The molecule has 0 bridgehead atoms. The highest BCUT2D eigenvalue weighted by atomic mass is 16.5. The minimum atomic E-state index is 0.105. The van der Waals surface area contributed by atoms with Crippen LogP contribution in [0.4, 0.5) is 4.79 Å². The van der Waals surface area contributed by atoms with Crippen LogP contribution in [0.25, 0.3) is 0 Å². The Kier molecular flexibility index (Phi) is 5.96. The molecule has 0 spiro atoms. The quantitative estimate of drug-likeness (QED) is 0.815. The molecule has 0 aromatic heterocycles. The van der Waals surface area contributed by atoms with Gasteiger partial charge in [-0.05, 0) is 56.8 Å². The van der Waals surface area contributed by atoms with Gasteiger partial charge in [0.15, 0.2) is 0 Å². The smallest absolute Gasteiger partial charge is 0.317 e. The normalized spacial score (nSPS) is 20.7. The number of amides is 2. The second-order valence-corrected chi connectivity index (χ2v) is 6.69. The zero-order chi connectivity index (χ0) is 16.8. The second kappa shape index (κ2) is 8.38. The highest BCUT2D eigenvalue weighted by molar-refractivity contribution is 5.74. The van der Waals surface area contributed by atoms with Crippen LogP contribution in [0.3, 0.4) is 0 Å². The molecule has 1 aromatic rings. The number of aryl methyl sites for hydroxylation is 1. The highest BCUT2D eigenvalue weighted by Gasteiger charge is 2.32. The third-order valence-corrected chi connectivity index (χ3v) is 5.03. The number of urea groups is 1. The number of benzene rings is 1. The number of nitrogens with one attached hydrogen (secondary N) is 1. The largest absolute Gasteiger partial charge is 0.494 e. The van der Waals surface area contributed by atoms with E-state index in [0.717, 1.165) is 44.8 Å². The zero-order valence-electron chi connectivity index (χ0n) is 14.7. The maximum atomic E-state index is 12.3. The number of piperazine rings is 1. The lowest BCUT2D eigenvalue weighted by atomic mass is 10.1. The number of fused-ring (bicyclic) bond motifs is 1. The Bertz CT molecular complexity index is 532. The molecular weight excluding hydrogens is 302 g/mol. The Morgan fingerprint density at radius 3 is 2.88 bits per heavy atom. The summed E-state index contributed by atoms with van der Waals surface area (Å²) in [7, 11) is 0. The van der Waals surface area contributed by atoms with Crippen LogP contribution in [0, 0.1) is 0 Å². The van der Waals surface area contributed by atoms with Crippen molar-refractivity contribution in [1.82, 2.24) is 15.1 Å². The van der Waals surface area contributed by atoms with Crippen molar-refractivity contribution in [1.29, 1.82) is 0 Å². The van der Waals surface area contributed by atoms with Gasteiger partial charge < -0.3 is 15.0 Å². The molecule has 2 amide bonds. The van der Waals surface area contributed by atoms with Crippen molar-refractivity contribution >= 4 is 6.03 Å². The van der Waals surface area contributed by atoms with E-state index in [1.807, 2.05) is 24.0 Å². The summed E-state index contributed by atoms with van der Waals surface area (Å²) in [4.78, 5) is 16.8. The third-order valence-electron chi connectivity index (χ3n) is 5.03. The Morgan fingerprint density at radius 2 is 2.08 bits per heavy atom. The van der Waals surface area contributed by atoms with E-state index >= 15 is 0 Å². The summed E-state index contributed by atoms with van der Waals surface area (Å²) < 4.78 is 5.45. The van der Waals surface area contributed by atoms with Crippen LogP contribution < -0.4 is 10.1 Å². The summed E-state index contributed by atoms with van der Waals surface area (Å²) >= 11 is 0. The number of ether oxygens (including phenoxy) is 1. The molecule has 0 radical (unpaired) electrons. The monoisotopic (exact) mass is 331 g/mol. The summed E-state index contributed by atoms with van der Waals surface area (Å²) in [5.41, 5.74) is 1.28. The molecule has 2 heterocycles. The van der Waals surface area contributed by atoms with Crippen LogP contribution in [0.1, 0.15) is 31.7 Å². The molecule has 1 aromatic carbocycles. The van der Waals surface area contributed by atoms with Gasteiger partial charge in [0.1, 0.15) is 5.75 Å². The molecule has 5 nitrogen and oxygen atoms in total. The van der Waals surface area contributed by atoms with Gasteiger partial charge in [0.2, 0.25) is 0 Å². The molecule has 3 rings (SSSR count). The van der Waals surface area contributed by atoms with Crippen LogP contribution in [0.2, 0.25) is 0 Å². The van der Waals surface area contributed by atoms with Crippen molar-refractivity contribution in [3.63, 3.8) is 0 Å². The van der Waals surface area contributed by atoms with E-state index in [1.165, 1.54) is 24.9 Å². The van der Waals surface area contributed by atoms with Gasteiger partial charge in [-0.15, -0.1) is 0 Å². The Hall–Kier alpha value is -1.75. The lowest BCUT2D eigenvalue weighted by Crippen LogP contribution is -2.54. The van der Waals surface area contributed by atoms with Crippen LogP contribution in [0.5, 0.6) is 5.75 Å². The fraction of sp³-hybridized carbons (Fsp3) is 0.632. The number of carbonyl (C=O) groups is 1. The molecule has 2 fully saturated rings. The van der Waals surface area contributed by atoms with E-state index in [1.54, 1.807) is 0 Å². The average molecular weight is 331 g/mol. The molecular formula is C19H29N3O2. The maximum Gasteiger partial charge on any atom is 0.317 e. The van der Waals surface area contributed by atoms with Gasteiger partial charge in [0.25, 0.3) is 0 Å². The SMILES string of the molecule is CCOc1ccc(CCCNC(=O)N2CCN3CCCC3C2)cc1. The molecule has 1 unspecified atom stereocenters. The number of carbonyl (C=O) groups excluding carboxylic acids is 1. The topological polar surface area (TPSA) is 44.8 Å². The first kappa shape index (κ1) is 17.1. The predicted molar refractivity (Wildman–Crippen MR) is 95.5 cm³/mol. The van der Waals surface area contributed by atoms with Crippen LogP contribution in [-0.2, 0) is 6.42 Å². The van der Waals surface area contributed by atoms with Gasteiger partial charge in [0.05, 0.1) is 6.61 Å². The van der Waals surface area contributed by atoms with Gasteiger partial charge >= 0.3 is 6.03 Å². The van der Waals surface area contributed by atoms with Crippen LogP contribution >= 0.6 is 0 Å². The number of rotatable bonds is 6. The van der Waals surface area contributed by atoms with Crippen molar-refractivity contribution in [2.24, 2.45) is 0 Å². The van der Waals surface area contributed by atoms with Gasteiger partial charge in [0, 0.05) is 32.2 Å². The van der Waals surface area contributed by atoms with Crippen molar-refractivity contribution in [2.45, 2.75) is 38.6 Å². The van der Waals surface area contributed by atoms with E-state index in [2.05, 4.69) is 22.3 Å². The van der Waals surface area contributed by atoms with Gasteiger partial charge in [-0.25, -0.2) is 4.79 Å². The summed E-state index contributed by atoms with van der Waals surface area (Å²) in [6.45, 7) is 7.42. The molecule has 2 aliphatic heterocycles. The van der Waals surface area contributed by atoms with Gasteiger partial charge in [-0.2, -0.15) is 0 Å². The lowest BCUT2D eigenvalue weighted by Gasteiger charge is -2.37. The second-order valence-electron chi connectivity index (χ2n) is 6.69. The molecule has 132 valence electrons. The standard InChI is InChI=1S/C19H29N3O2/c1-2-24-18-9-7-16(8-10-18)5-3-11-20-19(23)22-14-13-21-12-4-6-17(21)15-22/h7-10,17H,2-6,11-15H2,1H3,(H,20,23). The molecule has 2 aliphatic rings. The summed E-state index contributed by atoms with van der Waals surface area (Å²) in [6, 6.07) is 8.93. The van der Waals surface area contributed by atoms with Gasteiger partial charge in [-0.1, -0.05) is 12.1 Å². The summed E-state index contributed by atoms with van der Waals surface area (Å²) in [5.74, 6) is 0.917. The fourth-order valence-corrected chi connectivity index (χ4v) is 3.69.